The summed E-state index contributed by atoms with van der Waals surface area (Å²) in [6.45, 7) is 7.92. The van der Waals surface area contributed by atoms with Gasteiger partial charge in [-0.05, 0) is 31.3 Å². The molecule has 0 atom stereocenters. The van der Waals surface area contributed by atoms with E-state index < -0.39 is 0 Å². The molecule has 4 N–H and O–H groups in total. The Morgan fingerprint density at radius 2 is 1.88 bits per heavy atom. The van der Waals surface area contributed by atoms with Crippen LogP contribution < -0.4 is 16.2 Å². The molecule has 0 aliphatic carbocycles. The van der Waals surface area contributed by atoms with Gasteiger partial charge in [0.2, 0.25) is 0 Å². The lowest BCUT2D eigenvalue weighted by atomic mass is 10.2. The van der Waals surface area contributed by atoms with Crippen LogP contribution in [0.3, 0.4) is 0 Å². The van der Waals surface area contributed by atoms with Crippen LogP contribution in [0.4, 0.5) is 11.4 Å². The summed E-state index contributed by atoms with van der Waals surface area (Å²) in [4.78, 5) is 2.30. The molecule has 0 unspecified atom stereocenters. The average Bonchev–Trinajstić information content (AvgIpc) is 2.27. The highest BCUT2D eigenvalue weighted by Gasteiger charge is 2.02. The fourth-order valence-corrected chi connectivity index (χ4v) is 1.52. The summed E-state index contributed by atoms with van der Waals surface area (Å²) >= 11 is 0. The van der Waals surface area contributed by atoms with Gasteiger partial charge in [-0.2, -0.15) is 0 Å². The molecule has 0 spiro atoms. The number of nitrogen functional groups attached to an aromatic ring is 2. The first kappa shape index (κ1) is 12.6. The second kappa shape index (κ2) is 6.23. The highest BCUT2D eigenvalue weighted by Crippen LogP contribution is 2.23. The summed E-state index contributed by atoms with van der Waals surface area (Å²) in [6.07, 6.45) is 0. The van der Waals surface area contributed by atoms with Crippen LogP contribution >= 0.6 is 0 Å². The molecule has 0 fully saturated rings. The molecule has 0 saturated carbocycles. The van der Waals surface area contributed by atoms with Gasteiger partial charge in [-0.3, -0.25) is 0 Å². The zero-order valence-corrected chi connectivity index (χ0v) is 10.1. The number of nitrogens with two attached hydrogens (primary N) is 2. The summed E-state index contributed by atoms with van der Waals surface area (Å²) in [5.41, 5.74) is 12.6. The molecule has 4 nitrogen and oxygen atoms in total. The van der Waals surface area contributed by atoms with E-state index in [0.29, 0.717) is 23.7 Å². The minimum Gasteiger partial charge on any atom is -0.490 e. The Labute approximate surface area is 97.2 Å². The van der Waals surface area contributed by atoms with Crippen molar-refractivity contribution in [3.05, 3.63) is 18.2 Å². The molecule has 0 heterocycles. The molecule has 0 aliphatic heterocycles. The van der Waals surface area contributed by atoms with Crippen LogP contribution in [-0.2, 0) is 0 Å². The molecule has 1 aromatic carbocycles. The van der Waals surface area contributed by atoms with Gasteiger partial charge in [-0.15, -0.1) is 0 Å². The molecule has 0 bridgehead atoms. The maximum Gasteiger partial charge on any atom is 0.142 e. The number of hydrogen-bond acceptors (Lipinski definition) is 4. The zero-order chi connectivity index (χ0) is 12.0. The number of anilines is 2. The first-order valence-electron chi connectivity index (χ1n) is 5.67. The molecule has 4 heteroatoms. The molecule has 0 radical (unpaired) electrons. The van der Waals surface area contributed by atoms with Crippen LogP contribution in [0.1, 0.15) is 13.8 Å². The van der Waals surface area contributed by atoms with Crippen LogP contribution in [0.25, 0.3) is 0 Å². The summed E-state index contributed by atoms with van der Waals surface area (Å²) in [5.74, 6) is 0.710. The van der Waals surface area contributed by atoms with Gasteiger partial charge in [0.05, 0.1) is 5.69 Å². The van der Waals surface area contributed by atoms with Gasteiger partial charge in [0.15, 0.2) is 0 Å². The summed E-state index contributed by atoms with van der Waals surface area (Å²) < 4.78 is 5.60. The van der Waals surface area contributed by atoms with E-state index in [4.69, 9.17) is 16.2 Å². The summed E-state index contributed by atoms with van der Waals surface area (Å²) in [7, 11) is 0. The average molecular weight is 223 g/mol. The van der Waals surface area contributed by atoms with Crippen molar-refractivity contribution in [2.24, 2.45) is 0 Å². The minimum absolute atomic E-state index is 0.597. The number of benzene rings is 1. The Kier molecular flexibility index (Phi) is 4.92. The van der Waals surface area contributed by atoms with Crippen LogP contribution in [0.2, 0.25) is 0 Å². The van der Waals surface area contributed by atoms with Crippen molar-refractivity contribution in [1.82, 2.24) is 4.90 Å². The summed E-state index contributed by atoms with van der Waals surface area (Å²) in [6, 6.07) is 5.32. The van der Waals surface area contributed by atoms with Gasteiger partial charge in [0, 0.05) is 12.2 Å². The molecule has 1 aromatic rings. The smallest absolute Gasteiger partial charge is 0.142 e. The monoisotopic (exact) mass is 223 g/mol. The molecular formula is C12H21N3O. The van der Waals surface area contributed by atoms with E-state index in [1.165, 1.54) is 0 Å². The minimum atomic E-state index is 0.597. The second-order valence-electron chi connectivity index (χ2n) is 3.67. The maximum atomic E-state index is 5.78. The number of nitrogens with zero attached hydrogens (tertiary/aromatic N) is 1. The van der Waals surface area contributed by atoms with E-state index in [-0.39, 0.29) is 0 Å². The molecule has 16 heavy (non-hydrogen) atoms. The van der Waals surface area contributed by atoms with Gasteiger partial charge < -0.3 is 21.1 Å². The molecule has 0 amide bonds. The quantitative estimate of drug-likeness (QED) is 0.718. The van der Waals surface area contributed by atoms with Crippen molar-refractivity contribution in [2.75, 3.05) is 37.7 Å². The third-order valence-corrected chi connectivity index (χ3v) is 2.59. The van der Waals surface area contributed by atoms with Crippen molar-refractivity contribution in [2.45, 2.75) is 13.8 Å². The van der Waals surface area contributed by atoms with Crippen molar-refractivity contribution >= 4 is 11.4 Å². The van der Waals surface area contributed by atoms with Crippen LogP contribution in [0.15, 0.2) is 18.2 Å². The predicted molar refractivity (Wildman–Crippen MR) is 68.5 cm³/mol. The SMILES string of the molecule is CCN(CC)CCOc1ccc(N)cc1N. The first-order valence-corrected chi connectivity index (χ1v) is 5.67. The molecule has 90 valence electrons. The van der Waals surface area contributed by atoms with Crippen molar-refractivity contribution in [3.63, 3.8) is 0 Å². The topological polar surface area (TPSA) is 64.5 Å². The Morgan fingerprint density at radius 1 is 1.19 bits per heavy atom. The van der Waals surface area contributed by atoms with Crippen molar-refractivity contribution in [3.8, 4) is 5.75 Å². The molecule has 0 saturated heterocycles. The van der Waals surface area contributed by atoms with E-state index in [9.17, 15) is 0 Å². The van der Waals surface area contributed by atoms with Gasteiger partial charge >= 0.3 is 0 Å². The Bertz CT molecular complexity index is 324. The highest BCUT2D eigenvalue weighted by atomic mass is 16.5. The predicted octanol–water partition coefficient (Wildman–Crippen LogP) is 1.57. The standard InChI is InChI=1S/C12H21N3O/c1-3-15(4-2)7-8-16-12-6-5-10(13)9-11(12)14/h5-6,9H,3-4,7-8,13-14H2,1-2H3. The van der Waals surface area contributed by atoms with Crippen molar-refractivity contribution < 1.29 is 4.74 Å². The molecule has 1 rings (SSSR count). The Hall–Kier alpha value is -1.42. The zero-order valence-electron chi connectivity index (χ0n) is 10.1. The number of hydrogen-bond donors (Lipinski definition) is 2. The van der Waals surface area contributed by atoms with Crippen LogP contribution in [-0.4, -0.2) is 31.1 Å². The number of likely N-dealkylation sites (N-methyl/N-ethyl adjacent to an activating group) is 1. The lowest BCUT2D eigenvalue weighted by molar-refractivity contribution is 0.223. The molecule has 0 aliphatic rings. The van der Waals surface area contributed by atoms with E-state index in [1.54, 1.807) is 12.1 Å². The van der Waals surface area contributed by atoms with E-state index in [2.05, 4.69) is 18.7 Å². The van der Waals surface area contributed by atoms with Gasteiger partial charge in [0.1, 0.15) is 12.4 Å². The normalized spacial score (nSPS) is 10.7. The summed E-state index contributed by atoms with van der Waals surface area (Å²) in [5, 5.41) is 0. The van der Waals surface area contributed by atoms with E-state index in [1.807, 2.05) is 6.07 Å². The first-order chi connectivity index (χ1) is 7.67. The lowest BCUT2D eigenvalue weighted by Crippen LogP contribution is -2.28. The third kappa shape index (κ3) is 3.62. The highest BCUT2D eigenvalue weighted by molar-refractivity contribution is 5.60. The van der Waals surface area contributed by atoms with E-state index >= 15 is 0 Å². The molecule has 0 aromatic heterocycles. The van der Waals surface area contributed by atoms with E-state index in [0.717, 1.165) is 19.6 Å². The number of ether oxygens (including phenoxy) is 1. The largest absolute Gasteiger partial charge is 0.490 e. The van der Waals surface area contributed by atoms with Gasteiger partial charge in [0.25, 0.3) is 0 Å². The number of rotatable bonds is 6. The van der Waals surface area contributed by atoms with Crippen LogP contribution in [0, 0.1) is 0 Å². The van der Waals surface area contributed by atoms with Gasteiger partial charge in [-0.1, -0.05) is 13.8 Å². The van der Waals surface area contributed by atoms with Crippen molar-refractivity contribution in [1.29, 1.82) is 0 Å². The lowest BCUT2D eigenvalue weighted by Gasteiger charge is -2.18. The van der Waals surface area contributed by atoms with Crippen LogP contribution in [0.5, 0.6) is 5.75 Å². The Balaban J connectivity index is 2.42. The Morgan fingerprint density at radius 3 is 2.44 bits per heavy atom. The third-order valence-electron chi connectivity index (χ3n) is 2.59. The fourth-order valence-electron chi connectivity index (χ4n) is 1.52. The second-order valence-corrected chi connectivity index (χ2v) is 3.67. The van der Waals surface area contributed by atoms with Gasteiger partial charge in [-0.25, -0.2) is 0 Å². The molecular weight excluding hydrogens is 202 g/mol. The fraction of sp³-hybridized carbons (Fsp3) is 0.500. The maximum absolute atomic E-state index is 5.78.